The largest absolute Gasteiger partial charge is 0.338 e. The molecule has 0 bridgehead atoms. The number of aryl methyl sites for hydroxylation is 1. The predicted molar refractivity (Wildman–Crippen MR) is 117 cm³/mol. The molecule has 0 atom stereocenters. The summed E-state index contributed by atoms with van der Waals surface area (Å²) in [5.41, 5.74) is 1.91. The van der Waals surface area contributed by atoms with Gasteiger partial charge in [0.05, 0.1) is 11.9 Å². The van der Waals surface area contributed by atoms with Crippen LogP contribution in [0.3, 0.4) is 0 Å². The highest BCUT2D eigenvalue weighted by Crippen LogP contribution is 2.38. The zero-order valence-corrected chi connectivity index (χ0v) is 18.1. The summed E-state index contributed by atoms with van der Waals surface area (Å²) < 4.78 is 1.80. The van der Waals surface area contributed by atoms with Crippen molar-refractivity contribution >= 4 is 29.0 Å². The van der Waals surface area contributed by atoms with E-state index in [1.807, 2.05) is 37.4 Å². The Balaban J connectivity index is 1.36. The third-order valence-electron chi connectivity index (χ3n) is 6.60. The average molecular weight is 432 g/mol. The zero-order chi connectivity index (χ0) is 22.5. The molecule has 0 unspecified atom stereocenters. The van der Waals surface area contributed by atoms with Crippen LogP contribution in [0.25, 0.3) is 11.2 Å². The molecular formula is C23H24N6O3. The van der Waals surface area contributed by atoms with E-state index in [9.17, 15) is 14.4 Å². The summed E-state index contributed by atoms with van der Waals surface area (Å²) in [4.78, 5) is 52.4. The molecule has 4 amide bonds. The van der Waals surface area contributed by atoms with E-state index in [1.54, 1.807) is 33.0 Å². The first-order valence-corrected chi connectivity index (χ1v) is 10.6. The van der Waals surface area contributed by atoms with Crippen molar-refractivity contribution in [2.24, 2.45) is 7.05 Å². The molecule has 2 saturated heterocycles. The Morgan fingerprint density at radius 1 is 1.06 bits per heavy atom. The summed E-state index contributed by atoms with van der Waals surface area (Å²) in [5.74, 6) is -0.332. The van der Waals surface area contributed by atoms with Gasteiger partial charge in [-0.05, 0) is 24.5 Å². The lowest BCUT2D eigenvalue weighted by Gasteiger charge is -2.42. The minimum Gasteiger partial charge on any atom is -0.338 e. The molecule has 1 aromatic carbocycles. The van der Waals surface area contributed by atoms with Crippen LogP contribution in [0.2, 0.25) is 0 Å². The van der Waals surface area contributed by atoms with Crippen LogP contribution in [0.5, 0.6) is 0 Å². The lowest BCUT2D eigenvalue weighted by atomic mass is 9.85. The van der Waals surface area contributed by atoms with Crippen LogP contribution in [0.15, 0.2) is 48.9 Å². The monoisotopic (exact) mass is 432 g/mol. The van der Waals surface area contributed by atoms with Crippen molar-refractivity contribution in [2.45, 2.75) is 24.9 Å². The first kappa shape index (κ1) is 20.2. The zero-order valence-electron chi connectivity index (χ0n) is 18.1. The van der Waals surface area contributed by atoms with Crippen LogP contribution < -0.4 is 0 Å². The van der Waals surface area contributed by atoms with Crippen LogP contribution in [-0.2, 0) is 18.4 Å². The number of piperidine rings is 1. The van der Waals surface area contributed by atoms with Gasteiger partial charge in [0, 0.05) is 39.9 Å². The summed E-state index contributed by atoms with van der Waals surface area (Å²) >= 11 is 0. The summed E-state index contributed by atoms with van der Waals surface area (Å²) in [6.45, 7) is 1.14. The van der Waals surface area contributed by atoms with Gasteiger partial charge in [-0.1, -0.05) is 30.3 Å². The maximum absolute atomic E-state index is 13.1. The number of fused-ring (bicyclic) bond motifs is 1. The van der Waals surface area contributed by atoms with E-state index in [-0.39, 0.29) is 17.8 Å². The third-order valence-corrected chi connectivity index (χ3v) is 6.60. The number of pyridine rings is 1. The van der Waals surface area contributed by atoms with E-state index in [2.05, 4.69) is 9.97 Å². The Morgan fingerprint density at radius 3 is 2.50 bits per heavy atom. The van der Waals surface area contributed by atoms with Gasteiger partial charge in [-0.2, -0.15) is 0 Å². The molecule has 0 N–H and O–H groups in total. The van der Waals surface area contributed by atoms with E-state index >= 15 is 0 Å². The SMILES string of the molecule is CN1C(=O)N(Cc2ccccc2)C2(CCN(C(=O)c3cnc4c(c3)ncn4C)CC2)C1=O. The Hall–Kier alpha value is -3.75. The van der Waals surface area contributed by atoms with E-state index < -0.39 is 5.54 Å². The highest BCUT2D eigenvalue weighted by molar-refractivity contribution is 6.07. The van der Waals surface area contributed by atoms with Crippen molar-refractivity contribution in [2.75, 3.05) is 20.1 Å². The second-order valence-electron chi connectivity index (χ2n) is 8.46. The number of amides is 4. The fourth-order valence-corrected chi connectivity index (χ4v) is 4.74. The molecule has 0 saturated carbocycles. The number of carbonyl (C=O) groups excluding carboxylic acids is 3. The molecule has 32 heavy (non-hydrogen) atoms. The number of imide groups is 1. The molecule has 2 aromatic heterocycles. The van der Waals surface area contributed by atoms with Crippen molar-refractivity contribution in [3.05, 3.63) is 60.0 Å². The number of aromatic nitrogens is 3. The van der Waals surface area contributed by atoms with Crippen LogP contribution >= 0.6 is 0 Å². The number of hydrogen-bond donors (Lipinski definition) is 0. The Kier molecular flexibility index (Phi) is 4.69. The summed E-state index contributed by atoms with van der Waals surface area (Å²) in [7, 11) is 3.38. The number of carbonyl (C=O) groups is 3. The van der Waals surface area contributed by atoms with Gasteiger partial charge in [-0.3, -0.25) is 14.5 Å². The number of benzene rings is 1. The average Bonchev–Trinajstić information content (AvgIpc) is 3.27. The Labute approximate surface area is 185 Å². The molecule has 0 aliphatic carbocycles. The van der Waals surface area contributed by atoms with Gasteiger partial charge in [0.15, 0.2) is 5.65 Å². The number of nitrogens with zero attached hydrogens (tertiary/aromatic N) is 6. The number of rotatable bonds is 3. The van der Waals surface area contributed by atoms with Gasteiger partial charge in [0.25, 0.3) is 11.8 Å². The molecule has 1 spiro atoms. The van der Waals surface area contributed by atoms with Crippen molar-refractivity contribution in [3.8, 4) is 0 Å². The van der Waals surface area contributed by atoms with Crippen molar-refractivity contribution in [1.82, 2.24) is 29.2 Å². The van der Waals surface area contributed by atoms with E-state index in [0.29, 0.717) is 49.2 Å². The van der Waals surface area contributed by atoms with Crippen LogP contribution in [0, 0.1) is 0 Å². The fourth-order valence-electron chi connectivity index (χ4n) is 4.74. The predicted octanol–water partition coefficient (Wildman–Crippen LogP) is 2.04. The second-order valence-corrected chi connectivity index (χ2v) is 8.46. The Bertz CT molecular complexity index is 1210. The van der Waals surface area contributed by atoms with Crippen LogP contribution in [0.1, 0.15) is 28.8 Å². The molecule has 9 heteroatoms. The number of likely N-dealkylation sites (tertiary alicyclic amines) is 1. The molecule has 4 heterocycles. The lowest BCUT2D eigenvalue weighted by Crippen LogP contribution is -2.57. The molecule has 0 radical (unpaired) electrons. The number of hydrogen-bond acceptors (Lipinski definition) is 5. The first-order chi connectivity index (χ1) is 15.4. The Morgan fingerprint density at radius 2 is 1.78 bits per heavy atom. The van der Waals surface area contributed by atoms with E-state index in [0.717, 1.165) is 5.56 Å². The quantitative estimate of drug-likeness (QED) is 0.591. The highest BCUT2D eigenvalue weighted by atomic mass is 16.2. The minimum atomic E-state index is -0.915. The summed E-state index contributed by atoms with van der Waals surface area (Å²) in [6, 6.07) is 11.1. The molecule has 2 aliphatic heterocycles. The molecule has 2 aliphatic rings. The maximum atomic E-state index is 13.1. The number of imidazole rings is 1. The van der Waals surface area contributed by atoms with Gasteiger partial charge in [0.1, 0.15) is 11.1 Å². The maximum Gasteiger partial charge on any atom is 0.327 e. The molecule has 164 valence electrons. The van der Waals surface area contributed by atoms with E-state index in [1.165, 1.54) is 11.9 Å². The fraction of sp³-hybridized carbons (Fsp3) is 0.348. The van der Waals surface area contributed by atoms with Crippen molar-refractivity contribution < 1.29 is 14.4 Å². The van der Waals surface area contributed by atoms with Gasteiger partial charge in [-0.25, -0.2) is 14.8 Å². The van der Waals surface area contributed by atoms with E-state index in [4.69, 9.17) is 0 Å². The standard InChI is InChI=1S/C23H24N6O3/c1-26-15-25-18-12-17(13-24-19(18)26)20(30)28-10-8-23(9-11-28)21(31)27(2)22(32)29(23)14-16-6-4-3-5-7-16/h3-7,12-13,15H,8-11,14H2,1-2H3. The highest BCUT2D eigenvalue weighted by Gasteiger charge is 2.57. The van der Waals surface area contributed by atoms with Crippen molar-refractivity contribution in [1.29, 1.82) is 0 Å². The van der Waals surface area contributed by atoms with Gasteiger partial charge in [-0.15, -0.1) is 0 Å². The summed E-state index contributed by atoms with van der Waals surface area (Å²) in [5, 5.41) is 0. The topological polar surface area (TPSA) is 91.6 Å². The second kappa shape index (κ2) is 7.44. The molecule has 9 nitrogen and oxygen atoms in total. The third kappa shape index (κ3) is 3.04. The lowest BCUT2D eigenvalue weighted by molar-refractivity contribution is -0.134. The molecular weight excluding hydrogens is 408 g/mol. The van der Waals surface area contributed by atoms with Crippen molar-refractivity contribution in [3.63, 3.8) is 0 Å². The minimum absolute atomic E-state index is 0.139. The smallest absolute Gasteiger partial charge is 0.327 e. The normalized spacial score (nSPS) is 18.2. The van der Waals surface area contributed by atoms with Gasteiger partial charge < -0.3 is 14.4 Å². The number of likely N-dealkylation sites (N-methyl/N-ethyl adjacent to an activating group) is 1. The van der Waals surface area contributed by atoms with Crippen LogP contribution in [-0.4, -0.2) is 72.8 Å². The first-order valence-electron chi connectivity index (χ1n) is 10.6. The number of urea groups is 1. The molecule has 5 rings (SSSR count). The van der Waals surface area contributed by atoms with Gasteiger partial charge >= 0.3 is 6.03 Å². The molecule has 3 aromatic rings. The van der Waals surface area contributed by atoms with Gasteiger partial charge in [0.2, 0.25) is 0 Å². The van der Waals surface area contributed by atoms with Crippen LogP contribution in [0.4, 0.5) is 4.79 Å². The molecule has 2 fully saturated rings. The summed E-state index contributed by atoms with van der Waals surface area (Å²) in [6.07, 6.45) is 4.03.